The Hall–Kier alpha value is -2.41. The molecule has 7 nitrogen and oxygen atoms in total. The van der Waals surface area contributed by atoms with Crippen molar-refractivity contribution in [2.75, 3.05) is 14.1 Å². The summed E-state index contributed by atoms with van der Waals surface area (Å²) in [7, 11) is 3.35. The fraction of sp³-hybridized carbons (Fsp3) is 0.667. The summed E-state index contributed by atoms with van der Waals surface area (Å²) in [6.45, 7) is 3.90. The van der Waals surface area contributed by atoms with Crippen molar-refractivity contribution in [1.82, 2.24) is 15.5 Å². The molecule has 0 spiro atoms. The average molecular weight is 472 g/mol. The highest BCUT2D eigenvalue weighted by molar-refractivity contribution is 5.92. The third-order valence-electron chi connectivity index (χ3n) is 7.65. The van der Waals surface area contributed by atoms with Crippen LogP contribution in [0.25, 0.3) is 0 Å². The molecule has 3 N–H and O–H groups in total. The number of aryl methyl sites for hydroxylation is 1. The number of hydrogen-bond donors (Lipinski definition) is 3. The van der Waals surface area contributed by atoms with Gasteiger partial charge in [0.2, 0.25) is 11.8 Å². The molecule has 2 amide bonds. The molecule has 34 heavy (non-hydrogen) atoms. The van der Waals surface area contributed by atoms with Gasteiger partial charge in [-0.05, 0) is 62.1 Å². The largest absolute Gasteiger partial charge is 0.480 e. The van der Waals surface area contributed by atoms with E-state index in [1.807, 2.05) is 26.0 Å². The Labute approximate surface area is 203 Å². The van der Waals surface area contributed by atoms with Gasteiger partial charge in [-0.1, -0.05) is 57.4 Å². The van der Waals surface area contributed by atoms with Crippen LogP contribution < -0.4 is 10.6 Å². The first-order valence-electron chi connectivity index (χ1n) is 12.8. The molecule has 0 saturated heterocycles. The second-order valence-corrected chi connectivity index (χ2v) is 10.4. The van der Waals surface area contributed by atoms with E-state index in [0.717, 1.165) is 44.9 Å². The standard InChI is InChI=1S/C27H41N3O4/c1-17(2)16-22(27(33)34)30(4)26(32)23(19-11-6-5-7-12-19)29-25(31)24(28-3)21-15-14-18-10-8-9-13-20(18)21/h8-10,13,17,19,21-24,28H,5-7,11-12,14-16H2,1-4H3,(H,29,31)(H,33,34)/t21?,22-,23-,24-/m1/s1. The van der Waals surface area contributed by atoms with Crippen LogP contribution in [0.15, 0.2) is 24.3 Å². The molecular weight excluding hydrogens is 430 g/mol. The Bertz CT molecular complexity index is 865. The smallest absolute Gasteiger partial charge is 0.326 e. The van der Waals surface area contributed by atoms with Crippen molar-refractivity contribution in [3.63, 3.8) is 0 Å². The van der Waals surface area contributed by atoms with Crippen molar-refractivity contribution in [2.24, 2.45) is 11.8 Å². The van der Waals surface area contributed by atoms with Crippen LogP contribution in [0.2, 0.25) is 0 Å². The van der Waals surface area contributed by atoms with Gasteiger partial charge in [-0.25, -0.2) is 4.79 Å². The number of benzene rings is 1. The van der Waals surface area contributed by atoms with Crippen molar-refractivity contribution < 1.29 is 19.5 Å². The molecule has 0 heterocycles. The molecule has 0 bridgehead atoms. The van der Waals surface area contributed by atoms with E-state index >= 15 is 0 Å². The Morgan fingerprint density at radius 1 is 1.06 bits per heavy atom. The van der Waals surface area contributed by atoms with Crippen molar-refractivity contribution in [3.05, 3.63) is 35.4 Å². The minimum atomic E-state index is -1.01. The van der Waals surface area contributed by atoms with Crippen LogP contribution >= 0.6 is 0 Å². The van der Waals surface area contributed by atoms with Gasteiger partial charge in [-0.15, -0.1) is 0 Å². The highest BCUT2D eigenvalue weighted by atomic mass is 16.4. The van der Waals surface area contributed by atoms with Crippen LogP contribution in [0.4, 0.5) is 0 Å². The van der Waals surface area contributed by atoms with Crippen LogP contribution in [-0.4, -0.2) is 60.0 Å². The average Bonchev–Trinajstić information content (AvgIpc) is 3.25. The molecule has 0 aliphatic heterocycles. The minimum absolute atomic E-state index is 0.0227. The molecule has 7 heteroatoms. The number of rotatable bonds is 10. The van der Waals surface area contributed by atoms with Gasteiger partial charge in [0.15, 0.2) is 0 Å². The molecule has 1 aromatic carbocycles. The molecule has 1 fully saturated rings. The summed E-state index contributed by atoms with van der Waals surface area (Å²) in [6.07, 6.45) is 7.10. The summed E-state index contributed by atoms with van der Waals surface area (Å²) in [5.74, 6) is -1.28. The Balaban J connectivity index is 1.82. The number of fused-ring (bicyclic) bond motifs is 1. The lowest BCUT2D eigenvalue weighted by Crippen LogP contribution is -2.58. The summed E-state index contributed by atoms with van der Waals surface area (Å²) < 4.78 is 0. The predicted molar refractivity (Wildman–Crippen MR) is 133 cm³/mol. The van der Waals surface area contributed by atoms with E-state index in [2.05, 4.69) is 22.8 Å². The lowest BCUT2D eigenvalue weighted by atomic mass is 9.82. The second kappa shape index (κ2) is 11.8. The maximum Gasteiger partial charge on any atom is 0.326 e. The Morgan fingerprint density at radius 2 is 1.74 bits per heavy atom. The third kappa shape index (κ3) is 5.98. The monoisotopic (exact) mass is 471 g/mol. The van der Waals surface area contributed by atoms with Crippen molar-refractivity contribution in [2.45, 2.75) is 89.3 Å². The molecule has 188 valence electrons. The van der Waals surface area contributed by atoms with Gasteiger partial charge < -0.3 is 20.6 Å². The quantitative estimate of drug-likeness (QED) is 0.486. The summed E-state index contributed by atoms with van der Waals surface area (Å²) >= 11 is 0. The number of carboxylic acids is 1. The van der Waals surface area contributed by atoms with E-state index in [9.17, 15) is 19.5 Å². The highest BCUT2D eigenvalue weighted by Gasteiger charge is 2.40. The number of carbonyl (C=O) groups is 3. The number of nitrogens with zero attached hydrogens (tertiary/aromatic N) is 1. The first-order valence-corrected chi connectivity index (χ1v) is 12.8. The number of amides is 2. The molecule has 0 aromatic heterocycles. The van der Waals surface area contributed by atoms with Gasteiger partial charge in [-0.3, -0.25) is 9.59 Å². The Kier molecular flexibility index (Phi) is 9.11. The summed E-state index contributed by atoms with van der Waals surface area (Å²) in [6, 6.07) is 6.18. The van der Waals surface area contributed by atoms with Crippen molar-refractivity contribution >= 4 is 17.8 Å². The number of hydrogen-bond acceptors (Lipinski definition) is 4. The summed E-state index contributed by atoms with van der Waals surface area (Å²) in [5.41, 5.74) is 2.47. The molecule has 3 rings (SSSR count). The molecule has 0 radical (unpaired) electrons. The van der Waals surface area contributed by atoms with Gasteiger partial charge in [0.1, 0.15) is 12.1 Å². The molecule has 2 aliphatic carbocycles. The van der Waals surface area contributed by atoms with Crippen LogP contribution in [0.1, 0.15) is 75.8 Å². The van der Waals surface area contributed by atoms with E-state index in [-0.39, 0.29) is 29.6 Å². The topological polar surface area (TPSA) is 98.7 Å². The van der Waals surface area contributed by atoms with E-state index < -0.39 is 24.1 Å². The van der Waals surface area contributed by atoms with Crippen LogP contribution in [0, 0.1) is 11.8 Å². The lowest BCUT2D eigenvalue weighted by Gasteiger charge is -2.36. The number of carbonyl (C=O) groups excluding carboxylic acids is 2. The van der Waals surface area contributed by atoms with E-state index in [1.165, 1.54) is 16.0 Å². The van der Waals surface area contributed by atoms with Crippen LogP contribution in [-0.2, 0) is 20.8 Å². The van der Waals surface area contributed by atoms with E-state index in [0.29, 0.717) is 6.42 Å². The van der Waals surface area contributed by atoms with Gasteiger partial charge in [-0.2, -0.15) is 0 Å². The van der Waals surface area contributed by atoms with Gasteiger partial charge in [0.25, 0.3) is 0 Å². The predicted octanol–water partition coefficient (Wildman–Crippen LogP) is 3.33. The molecular formula is C27H41N3O4. The summed E-state index contributed by atoms with van der Waals surface area (Å²) in [4.78, 5) is 40.5. The first-order chi connectivity index (χ1) is 16.2. The Morgan fingerprint density at radius 3 is 2.35 bits per heavy atom. The molecule has 1 unspecified atom stereocenters. The summed E-state index contributed by atoms with van der Waals surface area (Å²) in [5, 5.41) is 16.1. The van der Waals surface area contributed by atoms with Crippen LogP contribution in [0.5, 0.6) is 0 Å². The zero-order valence-corrected chi connectivity index (χ0v) is 21.0. The fourth-order valence-corrected chi connectivity index (χ4v) is 5.79. The first kappa shape index (κ1) is 26.2. The molecule has 4 atom stereocenters. The zero-order valence-electron chi connectivity index (χ0n) is 21.0. The highest BCUT2D eigenvalue weighted by Crippen LogP contribution is 2.36. The number of aliphatic carboxylic acids is 1. The molecule has 1 aromatic rings. The van der Waals surface area contributed by atoms with Crippen molar-refractivity contribution in [3.8, 4) is 0 Å². The van der Waals surface area contributed by atoms with Gasteiger partial charge in [0, 0.05) is 13.0 Å². The van der Waals surface area contributed by atoms with Crippen molar-refractivity contribution in [1.29, 1.82) is 0 Å². The molecule has 2 aliphatic rings. The fourth-order valence-electron chi connectivity index (χ4n) is 5.79. The van der Waals surface area contributed by atoms with E-state index in [1.54, 1.807) is 14.1 Å². The van der Waals surface area contributed by atoms with Crippen LogP contribution in [0.3, 0.4) is 0 Å². The van der Waals surface area contributed by atoms with Gasteiger partial charge in [0.05, 0.1) is 6.04 Å². The number of carboxylic acid groups (broad SMARTS) is 1. The third-order valence-corrected chi connectivity index (χ3v) is 7.65. The SMILES string of the molecule is CN[C@@H](C(=O)N[C@@H](C(=O)N(C)[C@H](CC(C)C)C(=O)O)C1CCCCC1)C1CCc2ccccc21. The number of likely N-dealkylation sites (N-methyl/N-ethyl adjacent to an activating group) is 2. The van der Waals surface area contributed by atoms with Gasteiger partial charge >= 0.3 is 5.97 Å². The minimum Gasteiger partial charge on any atom is -0.480 e. The normalized spacial score (nSPS) is 20.9. The number of nitrogens with one attached hydrogen (secondary N) is 2. The zero-order chi connectivity index (χ0) is 24.8. The lowest BCUT2D eigenvalue weighted by molar-refractivity contribution is -0.151. The molecule has 1 saturated carbocycles. The maximum atomic E-state index is 13.7. The second-order valence-electron chi connectivity index (χ2n) is 10.4. The van der Waals surface area contributed by atoms with E-state index in [4.69, 9.17) is 0 Å². The maximum absolute atomic E-state index is 13.7.